The van der Waals surface area contributed by atoms with Gasteiger partial charge in [-0.2, -0.15) is 0 Å². The van der Waals surface area contributed by atoms with E-state index in [9.17, 15) is 0 Å². The second-order valence-electron chi connectivity index (χ2n) is 2.66. The summed E-state index contributed by atoms with van der Waals surface area (Å²) in [6.07, 6.45) is 0. The molecule has 0 amide bonds. The van der Waals surface area contributed by atoms with Gasteiger partial charge in [0, 0.05) is 10.8 Å². The average Bonchev–Trinajstić information content (AvgIpc) is 2.25. The quantitative estimate of drug-likeness (QED) is 0.598. The van der Waals surface area contributed by atoms with Gasteiger partial charge < -0.3 is 14.8 Å². The third kappa shape index (κ3) is 2.82. The summed E-state index contributed by atoms with van der Waals surface area (Å²) in [7, 11) is 5.20. The van der Waals surface area contributed by atoms with E-state index < -0.39 is 0 Å². The largest absolute Gasteiger partial charge is 0.493 e. The van der Waals surface area contributed by atoms with Crippen molar-refractivity contribution < 1.29 is 9.47 Å². The highest BCUT2D eigenvalue weighted by molar-refractivity contribution is 7.99. The molecule has 0 unspecified atom stereocenters. The van der Waals surface area contributed by atoms with Crippen LogP contribution >= 0.6 is 11.8 Å². The number of rotatable bonds is 5. The highest BCUT2D eigenvalue weighted by atomic mass is 32.2. The van der Waals surface area contributed by atoms with Crippen LogP contribution in [0.2, 0.25) is 0 Å². The van der Waals surface area contributed by atoms with Gasteiger partial charge in [0.15, 0.2) is 11.5 Å². The zero-order valence-electron chi connectivity index (χ0n) is 8.66. The number of benzene rings is 1. The Morgan fingerprint density at radius 2 is 1.93 bits per heavy atom. The molecule has 1 aromatic carbocycles. The normalized spacial score (nSPS) is 9.93. The van der Waals surface area contributed by atoms with Crippen LogP contribution in [0.4, 0.5) is 0 Å². The fourth-order valence-corrected chi connectivity index (χ4v) is 1.73. The summed E-state index contributed by atoms with van der Waals surface area (Å²) >= 11 is 1.72. The minimum absolute atomic E-state index is 0.765. The van der Waals surface area contributed by atoms with Crippen molar-refractivity contribution in [2.24, 2.45) is 0 Å². The van der Waals surface area contributed by atoms with E-state index in [1.165, 1.54) is 0 Å². The Morgan fingerprint density at radius 1 is 1.21 bits per heavy atom. The van der Waals surface area contributed by atoms with Crippen LogP contribution in [0, 0.1) is 0 Å². The molecule has 0 saturated carbocycles. The minimum atomic E-state index is 0.765. The molecule has 0 atom stereocenters. The summed E-state index contributed by atoms with van der Waals surface area (Å²) in [5, 5.41) is 3.07. The Bertz CT molecular complexity index is 291. The lowest BCUT2D eigenvalue weighted by Gasteiger charge is -2.08. The van der Waals surface area contributed by atoms with Crippen molar-refractivity contribution in [1.82, 2.24) is 5.32 Å². The second-order valence-corrected chi connectivity index (χ2v) is 3.71. The molecule has 78 valence electrons. The van der Waals surface area contributed by atoms with Gasteiger partial charge in [0.25, 0.3) is 0 Å². The van der Waals surface area contributed by atoms with E-state index in [1.807, 2.05) is 25.2 Å². The van der Waals surface area contributed by atoms with E-state index in [2.05, 4.69) is 5.32 Å². The van der Waals surface area contributed by atoms with Gasteiger partial charge in [-0.05, 0) is 25.2 Å². The summed E-state index contributed by atoms with van der Waals surface area (Å²) in [6, 6.07) is 5.90. The zero-order valence-corrected chi connectivity index (χ0v) is 9.48. The minimum Gasteiger partial charge on any atom is -0.493 e. The van der Waals surface area contributed by atoms with E-state index in [0.717, 1.165) is 22.3 Å². The highest BCUT2D eigenvalue weighted by Crippen LogP contribution is 2.31. The van der Waals surface area contributed by atoms with Gasteiger partial charge >= 0.3 is 0 Å². The molecule has 0 spiro atoms. The Hall–Kier alpha value is -0.870. The molecule has 1 aromatic rings. The maximum absolute atomic E-state index is 5.20. The molecule has 1 N–H and O–H groups in total. The SMILES string of the molecule is CNCSc1ccc(OC)c(OC)c1. The topological polar surface area (TPSA) is 30.5 Å². The molecule has 0 aliphatic heterocycles. The van der Waals surface area contributed by atoms with Gasteiger partial charge in [0.2, 0.25) is 0 Å². The standard InChI is InChI=1S/C10H15NO2S/c1-11-7-14-8-4-5-9(12-2)10(6-8)13-3/h4-6,11H,7H2,1-3H3. The number of hydrogen-bond acceptors (Lipinski definition) is 4. The molecule has 0 radical (unpaired) electrons. The lowest BCUT2D eigenvalue weighted by atomic mass is 10.3. The maximum Gasteiger partial charge on any atom is 0.161 e. The van der Waals surface area contributed by atoms with Gasteiger partial charge in [-0.1, -0.05) is 0 Å². The van der Waals surface area contributed by atoms with Crippen LogP contribution in [-0.2, 0) is 0 Å². The smallest absolute Gasteiger partial charge is 0.161 e. The predicted molar refractivity (Wildman–Crippen MR) is 59.3 cm³/mol. The van der Waals surface area contributed by atoms with Crippen molar-refractivity contribution in [3.05, 3.63) is 18.2 Å². The maximum atomic E-state index is 5.20. The Labute approximate surface area is 88.8 Å². The third-order valence-corrected chi connectivity index (χ3v) is 2.76. The first-order valence-electron chi connectivity index (χ1n) is 4.31. The molecule has 0 aromatic heterocycles. The molecular weight excluding hydrogens is 198 g/mol. The number of nitrogens with one attached hydrogen (secondary N) is 1. The van der Waals surface area contributed by atoms with Crippen LogP contribution in [0.3, 0.4) is 0 Å². The van der Waals surface area contributed by atoms with Crippen molar-refractivity contribution in [2.45, 2.75) is 4.90 Å². The van der Waals surface area contributed by atoms with E-state index >= 15 is 0 Å². The Balaban J connectivity index is 2.79. The Kier molecular flexibility index (Phi) is 4.62. The first-order chi connectivity index (χ1) is 6.81. The average molecular weight is 213 g/mol. The monoisotopic (exact) mass is 213 g/mol. The van der Waals surface area contributed by atoms with Crippen molar-refractivity contribution >= 4 is 11.8 Å². The number of hydrogen-bond donors (Lipinski definition) is 1. The van der Waals surface area contributed by atoms with Crippen LogP contribution in [0.25, 0.3) is 0 Å². The van der Waals surface area contributed by atoms with Gasteiger partial charge in [-0.25, -0.2) is 0 Å². The first kappa shape index (κ1) is 11.2. The number of thioether (sulfide) groups is 1. The first-order valence-corrected chi connectivity index (χ1v) is 5.29. The highest BCUT2D eigenvalue weighted by Gasteiger charge is 2.03. The van der Waals surface area contributed by atoms with Gasteiger partial charge in [-0.15, -0.1) is 11.8 Å². The second kappa shape index (κ2) is 5.78. The molecule has 4 heteroatoms. The summed E-state index contributed by atoms with van der Waals surface area (Å²) in [5.41, 5.74) is 0. The molecule has 0 heterocycles. The van der Waals surface area contributed by atoms with E-state index in [0.29, 0.717) is 0 Å². The molecule has 3 nitrogen and oxygen atoms in total. The molecule has 0 aliphatic rings. The fourth-order valence-electron chi connectivity index (χ4n) is 1.06. The number of ether oxygens (including phenoxy) is 2. The molecule has 0 saturated heterocycles. The van der Waals surface area contributed by atoms with Crippen molar-refractivity contribution in [3.8, 4) is 11.5 Å². The third-order valence-electron chi connectivity index (χ3n) is 1.74. The van der Waals surface area contributed by atoms with Crippen molar-refractivity contribution in [1.29, 1.82) is 0 Å². The Morgan fingerprint density at radius 3 is 2.50 bits per heavy atom. The van der Waals surface area contributed by atoms with Crippen molar-refractivity contribution in [3.63, 3.8) is 0 Å². The molecule has 0 fully saturated rings. The molecule has 0 aliphatic carbocycles. The fraction of sp³-hybridized carbons (Fsp3) is 0.400. The molecular formula is C10H15NO2S. The van der Waals surface area contributed by atoms with Crippen LogP contribution in [0.15, 0.2) is 23.1 Å². The van der Waals surface area contributed by atoms with Crippen LogP contribution in [0.5, 0.6) is 11.5 Å². The van der Waals surface area contributed by atoms with Crippen LogP contribution in [0.1, 0.15) is 0 Å². The van der Waals surface area contributed by atoms with E-state index in [-0.39, 0.29) is 0 Å². The molecule has 1 rings (SSSR count). The predicted octanol–water partition coefficient (Wildman–Crippen LogP) is 1.97. The molecule has 0 bridgehead atoms. The lowest BCUT2D eigenvalue weighted by molar-refractivity contribution is 0.354. The van der Waals surface area contributed by atoms with E-state index in [4.69, 9.17) is 9.47 Å². The summed E-state index contributed by atoms with van der Waals surface area (Å²) < 4.78 is 10.3. The molecule has 14 heavy (non-hydrogen) atoms. The summed E-state index contributed by atoms with van der Waals surface area (Å²) in [4.78, 5) is 1.16. The van der Waals surface area contributed by atoms with Gasteiger partial charge in [-0.3, -0.25) is 0 Å². The van der Waals surface area contributed by atoms with Gasteiger partial charge in [0.1, 0.15) is 0 Å². The van der Waals surface area contributed by atoms with Crippen LogP contribution < -0.4 is 14.8 Å². The van der Waals surface area contributed by atoms with Crippen molar-refractivity contribution in [2.75, 3.05) is 27.1 Å². The summed E-state index contributed by atoms with van der Waals surface area (Å²) in [5.74, 6) is 2.42. The van der Waals surface area contributed by atoms with Gasteiger partial charge in [0.05, 0.1) is 14.2 Å². The lowest BCUT2D eigenvalue weighted by Crippen LogP contribution is -2.02. The van der Waals surface area contributed by atoms with Crippen LogP contribution in [-0.4, -0.2) is 27.1 Å². The van der Waals surface area contributed by atoms with E-state index in [1.54, 1.807) is 26.0 Å². The number of methoxy groups -OCH3 is 2. The zero-order chi connectivity index (χ0) is 10.4. The summed E-state index contributed by atoms with van der Waals surface area (Å²) in [6.45, 7) is 0.